The van der Waals surface area contributed by atoms with Crippen LogP contribution in [0.1, 0.15) is 19.5 Å². The molecule has 1 aromatic rings. The molecule has 18 heavy (non-hydrogen) atoms. The molecule has 0 aliphatic heterocycles. The van der Waals surface area contributed by atoms with Gasteiger partial charge in [-0.25, -0.2) is 4.99 Å². The molecule has 0 atom stereocenters. The van der Waals surface area contributed by atoms with Gasteiger partial charge in [0.2, 0.25) is 0 Å². The normalized spacial score (nSPS) is 11.6. The van der Waals surface area contributed by atoms with Gasteiger partial charge < -0.3 is 15.4 Å². The molecule has 0 aromatic carbocycles. The second kappa shape index (κ2) is 8.52. The van der Waals surface area contributed by atoms with Crippen molar-refractivity contribution in [2.75, 3.05) is 26.3 Å². The van der Waals surface area contributed by atoms with Gasteiger partial charge in [0, 0.05) is 32.9 Å². The van der Waals surface area contributed by atoms with Crippen LogP contribution in [-0.2, 0) is 18.3 Å². The van der Waals surface area contributed by atoms with E-state index in [9.17, 15) is 0 Å². The smallest absolute Gasteiger partial charge is 0.191 e. The lowest BCUT2D eigenvalue weighted by atomic mass is 10.4. The first-order valence-corrected chi connectivity index (χ1v) is 6.34. The molecule has 1 aromatic heterocycles. The monoisotopic (exact) mass is 253 g/mol. The Kier molecular flexibility index (Phi) is 6.86. The molecule has 0 radical (unpaired) electrons. The van der Waals surface area contributed by atoms with Crippen LogP contribution in [0.25, 0.3) is 0 Å². The van der Waals surface area contributed by atoms with Crippen LogP contribution in [0.5, 0.6) is 0 Å². The quantitative estimate of drug-likeness (QED) is 0.422. The highest BCUT2D eigenvalue weighted by Gasteiger charge is 1.99. The molecular formula is C12H23N5O. The Bertz CT molecular complexity index is 361. The topological polar surface area (TPSA) is 63.5 Å². The van der Waals surface area contributed by atoms with E-state index in [-0.39, 0.29) is 0 Å². The average molecular weight is 253 g/mol. The van der Waals surface area contributed by atoms with Crippen LogP contribution in [0.4, 0.5) is 0 Å². The van der Waals surface area contributed by atoms with Gasteiger partial charge in [-0.05, 0) is 19.9 Å². The second-order valence-corrected chi connectivity index (χ2v) is 3.77. The first kappa shape index (κ1) is 14.5. The molecule has 0 amide bonds. The molecule has 0 aliphatic rings. The van der Waals surface area contributed by atoms with E-state index in [2.05, 4.69) is 20.7 Å². The van der Waals surface area contributed by atoms with Crippen molar-refractivity contribution in [2.24, 2.45) is 12.0 Å². The summed E-state index contributed by atoms with van der Waals surface area (Å²) < 4.78 is 7.10. The van der Waals surface area contributed by atoms with E-state index in [4.69, 9.17) is 4.74 Å². The van der Waals surface area contributed by atoms with Crippen molar-refractivity contribution < 1.29 is 4.74 Å². The van der Waals surface area contributed by atoms with E-state index in [1.807, 2.05) is 31.6 Å². The highest BCUT2D eigenvalue weighted by Crippen LogP contribution is 1.97. The lowest BCUT2D eigenvalue weighted by molar-refractivity contribution is 0.152. The van der Waals surface area contributed by atoms with E-state index in [0.717, 1.165) is 31.3 Å². The highest BCUT2D eigenvalue weighted by molar-refractivity contribution is 5.79. The van der Waals surface area contributed by atoms with Crippen LogP contribution in [0.15, 0.2) is 17.3 Å². The Labute approximate surface area is 108 Å². The third kappa shape index (κ3) is 5.18. The van der Waals surface area contributed by atoms with Crippen molar-refractivity contribution in [3.8, 4) is 0 Å². The molecule has 6 heteroatoms. The summed E-state index contributed by atoms with van der Waals surface area (Å²) in [6.45, 7) is 7.67. The largest absolute Gasteiger partial charge is 0.380 e. The van der Waals surface area contributed by atoms with Gasteiger partial charge in [-0.15, -0.1) is 0 Å². The first-order valence-electron chi connectivity index (χ1n) is 6.34. The SMILES string of the molecule is CCNC(=NCc1ccnn1C)NCCOCC. The summed E-state index contributed by atoms with van der Waals surface area (Å²) in [7, 11) is 1.92. The summed E-state index contributed by atoms with van der Waals surface area (Å²) in [4.78, 5) is 4.49. The molecule has 6 nitrogen and oxygen atoms in total. The zero-order chi connectivity index (χ0) is 13.2. The van der Waals surface area contributed by atoms with Crippen LogP contribution < -0.4 is 10.6 Å². The summed E-state index contributed by atoms with van der Waals surface area (Å²) in [5, 5.41) is 10.5. The maximum absolute atomic E-state index is 5.27. The maximum Gasteiger partial charge on any atom is 0.191 e. The summed E-state index contributed by atoms with van der Waals surface area (Å²) in [6, 6.07) is 1.97. The fraction of sp³-hybridized carbons (Fsp3) is 0.667. The van der Waals surface area contributed by atoms with Crippen molar-refractivity contribution in [1.29, 1.82) is 0 Å². The molecule has 0 aliphatic carbocycles. The minimum absolute atomic E-state index is 0.612. The van der Waals surface area contributed by atoms with Crippen molar-refractivity contribution in [3.63, 3.8) is 0 Å². The summed E-state index contributed by atoms with van der Waals surface area (Å²) >= 11 is 0. The number of aryl methyl sites for hydroxylation is 1. The van der Waals surface area contributed by atoms with Gasteiger partial charge in [-0.1, -0.05) is 0 Å². The van der Waals surface area contributed by atoms with Gasteiger partial charge in [0.15, 0.2) is 5.96 Å². The Balaban J connectivity index is 2.42. The van der Waals surface area contributed by atoms with Crippen molar-refractivity contribution in [2.45, 2.75) is 20.4 Å². The van der Waals surface area contributed by atoms with E-state index >= 15 is 0 Å². The Morgan fingerprint density at radius 1 is 1.44 bits per heavy atom. The minimum Gasteiger partial charge on any atom is -0.380 e. The van der Waals surface area contributed by atoms with Crippen LogP contribution in [0, 0.1) is 0 Å². The summed E-state index contributed by atoms with van der Waals surface area (Å²) in [5.41, 5.74) is 1.08. The van der Waals surface area contributed by atoms with Gasteiger partial charge in [0.05, 0.1) is 18.8 Å². The lowest BCUT2D eigenvalue weighted by Crippen LogP contribution is -2.39. The molecule has 0 bridgehead atoms. The van der Waals surface area contributed by atoms with E-state index in [0.29, 0.717) is 13.2 Å². The lowest BCUT2D eigenvalue weighted by Gasteiger charge is -2.11. The van der Waals surface area contributed by atoms with Gasteiger partial charge >= 0.3 is 0 Å². The summed E-state index contributed by atoms with van der Waals surface area (Å²) in [6.07, 6.45) is 1.78. The van der Waals surface area contributed by atoms with Crippen molar-refractivity contribution in [3.05, 3.63) is 18.0 Å². The number of nitrogens with one attached hydrogen (secondary N) is 2. The zero-order valence-corrected chi connectivity index (χ0v) is 11.4. The number of nitrogens with zero attached hydrogens (tertiary/aromatic N) is 3. The predicted octanol–water partition coefficient (Wildman–Crippen LogP) is 0.512. The number of hydrogen-bond donors (Lipinski definition) is 2. The first-order chi connectivity index (χ1) is 8.77. The van der Waals surface area contributed by atoms with Crippen molar-refractivity contribution in [1.82, 2.24) is 20.4 Å². The van der Waals surface area contributed by atoms with Gasteiger partial charge in [0.1, 0.15) is 0 Å². The highest BCUT2D eigenvalue weighted by atomic mass is 16.5. The molecule has 1 rings (SSSR count). The fourth-order valence-electron chi connectivity index (χ4n) is 1.44. The molecule has 0 unspecified atom stereocenters. The maximum atomic E-state index is 5.27. The van der Waals surface area contributed by atoms with Crippen LogP contribution >= 0.6 is 0 Å². The third-order valence-corrected chi connectivity index (χ3v) is 2.41. The predicted molar refractivity (Wildman–Crippen MR) is 72.5 cm³/mol. The van der Waals surface area contributed by atoms with Gasteiger partial charge in [-0.3, -0.25) is 4.68 Å². The Morgan fingerprint density at radius 3 is 2.89 bits per heavy atom. The Hall–Kier alpha value is -1.56. The van der Waals surface area contributed by atoms with Crippen molar-refractivity contribution >= 4 is 5.96 Å². The number of hydrogen-bond acceptors (Lipinski definition) is 3. The molecule has 102 valence electrons. The summed E-state index contributed by atoms with van der Waals surface area (Å²) in [5.74, 6) is 0.804. The van der Waals surface area contributed by atoms with E-state index < -0.39 is 0 Å². The number of aromatic nitrogens is 2. The average Bonchev–Trinajstić information content (AvgIpc) is 2.77. The molecule has 0 fully saturated rings. The number of ether oxygens (including phenoxy) is 1. The van der Waals surface area contributed by atoms with Crippen LogP contribution in [-0.4, -0.2) is 42.0 Å². The number of guanidine groups is 1. The molecule has 2 N–H and O–H groups in total. The second-order valence-electron chi connectivity index (χ2n) is 3.77. The van der Waals surface area contributed by atoms with E-state index in [1.165, 1.54) is 0 Å². The van der Waals surface area contributed by atoms with E-state index in [1.54, 1.807) is 6.20 Å². The van der Waals surface area contributed by atoms with Crippen LogP contribution in [0.3, 0.4) is 0 Å². The fourth-order valence-corrected chi connectivity index (χ4v) is 1.44. The standard InChI is InChI=1S/C12H23N5O/c1-4-13-12(14-8-9-18-5-2)15-10-11-6-7-16-17(11)3/h6-7H,4-5,8-10H2,1-3H3,(H2,13,14,15). The molecule has 0 saturated heterocycles. The third-order valence-electron chi connectivity index (χ3n) is 2.41. The molecule has 0 spiro atoms. The van der Waals surface area contributed by atoms with Crippen LogP contribution in [0.2, 0.25) is 0 Å². The van der Waals surface area contributed by atoms with Gasteiger partial charge in [0.25, 0.3) is 0 Å². The Morgan fingerprint density at radius 2 is 2.28 bits per heavy atom. The molecule has 0 saturated carbocycles. The minimum atomic E-state index is 0.612. The van der Waals surface area contributed by atoms with Gasteiger partial charge in [-0.2, -0.15) is 5.10 Å². The molecular weight excluding hydrogens is 230 g/mol. The molecule has 1 heterocycles. The number of aliphatic imine (C=N–C) groups is 1. The zero-order valence-electron chi connectivity index (χ0n) is 11.4. The number of rotatable bonds is 7.